The van der Waals surface area contributed by atoms with Crippen LogP contribution in [0.4, 0.5) is 5.69 Å². The highest BCUT2D eigenvalue weighted by Gasteiger charge is 2.18. The van der Waals surface area contributed by atoms with Crippen molar-refractivity contribution in [3.8, 4) is 5.69 Å². The molecular weight excluding hydrogens is 342 g/mol. The molecule has 2 aromatic rings. The van der Waals surface area contributed by atoms with E-state index in [-0.39, 0.29) is 12.3 Å². The predicted octanol–water partition coefficient (Wildman–Crippen LogP) is 3.03. The molecule has 110 valence electrons. The molecule has 1 aromatic heterocycles. The van der Waals surface area contributed by atoms with Gasteiger partial charge in [0.25, 0.3) is 5.69 Å². The Hall–Kier alpha value is -2.22. The van der Waals surface area contributed by atoms with Crippen molar-refractivity contribution in [1.29, 1.82) is 0 Å². The molecule has 1 aromatic carbocycles. The van der Waals surface area contributed by atoms with Gasteiger partial charge in [0.15, 0.2) is 0 Å². The van der Waals surface area contributed by atoms with Crippen LogP contribution in [0.5, 0.6) is 0 Å². The van der Waals surface area contributed by atoms with Gasteiger partial charge in [0.2, 0.25) is 0 Å². The maximum Gasteiger partial charge on any atom is 0.341 e. The van der Waals surface area contributed by atoms with Crippen LogP contribution in [0.2, 0.25) is 0 Å². The zero-order valence-electron chi connectivity index (χ0n) is 11.4. The Balaban J connectivity index is 2.48. The lowest BCUT2D eigenvalue weighted by molar-refractivity contribution is -0.384. The lowest BCUT2D eigenvalue weighted by atomic mass is 10.2. The summed E-state index contributed by atoms with van der Waals surface area (Å²) < 4.78 is 6.95. The van der Waals surface area contributed by atoms with Gasteiger partial charge >= 0.3 is 5.97 Å². The Morgan fingerprint density at radius 2 is 2.19 bits per heavy atom. The quantitative estimate of drug-likeness (QED) is 0.478. The van der Waals surface area contributed by atoms with Crippen LogP contribution in [0, 0.1) is 17.0 Å². The molecule has 0 radical (unpaired) electrons. The zero-order chi connectivity index (χ0) is 15.6. The van der Waals surface area contributed by atoms with Gasteiger partial charge in [-0.05, 0) is 19.9 Å². The zero-order valence-corrected chi connectivity index (χ0v) is 13.0. The molecule has 21 heavy (non-hydrogen) atoms. The lowest BCUT2D eigenvalue weighted by Crippen LogP contribution is -2.07. The Kier molecular flexibility index (Phi) is 4.37. The van der Waals surface area contributed by atoms with Crippen molar-refractivity contribution >= 4 is 27.6 Å². The highest BCUT2D eigenvalue weighted by Crippen LogP contribution is 2.25. The minimum absolute atomic E-state index is 0.0630. The number of aromatic nitrogens is 2. The van der Waals surface area contributed by atoms with E-state index in [1.807, 2.05) is 0 Å². The van der Waals surface area contributed by atoms with E-state index in [1.54, 1.807) is 19.9 Å². The van der Waals surface area contributed by atoms with Gasteiger partial charge in [-0.2, -0.15) is 5.10 Å². The fourth-order valence-electron chi connectivity index (χ4n) is 1.87. The first-order chi connectivity index (χ1) is 9.93. The number of nitro benzene ring substituents is 1. The van der Waals surface area contributed by atoms with Gasteiger partial charge in [0.05, 0.1) is 29.1 Å². The molecule has 0 unspecified atom stereocenters. The molecule has 0 saturated carbocycles. The molecule has 0 amide bonds. The molecule has 0 aliphatic rings. The number of carbonyl (C=O) groups is 1. The molecule has 0 aliphatic carbocycles. The molecule has 0 atom stereocenters. The molecule has 0 saturated heterocycles. The maximum atomic E-state index is 11.8. The number of halogens is 1. The van der Waals surface area contributed by atoms with E-state index in [0.717, 1.165) is 0 Å². The van der Waals surface area contributed by atoms with Crippen LogP contribution in [0.1, 0.15) is 23.0 Å². The third kappa shape index (κ3) is 3.10. The molecule has 0 fully saturated rings. The number of benzene rings is 1. The van der Waals surface area contributed by atoms with Gasteiger partial charge in [-0.3, -0.25) is 10.1 Å². The molecule has 0 bridgehead atoms. The normalized spacial score (nSPS) is 10.4. The van der Waals surface area contributed by atoms with E-state index < -0.39 is 10.9 Å². The summed E-state index contributed by atoms with van der Waals surface area (Å²) in [7, 11) is 0. The molecule has 1 heterocycles. The molecule has 0 aliphatic heterocycles. The van der Waals surface area contributed by atoms with Gasteiger partial charge in [-0.25, -0.2) is 9.48 Å². The number of non-ortho nitro benzene ring substituents is 1. The first-order valence-electron chi connectivity index (χ1n) is 6.11. The Bertz CT molecular complexity index is 711. The summed E-state index contributed by atoms with van der Waals surface area (Å²) in [6.45, 7) is 3.69. The summed E-state index contributed by atoms with van der Waals surface area (Å²) in [6, 6.07) is 4.47. The summed E-state index contributed by atoms with van der Waals surface area (Å²) in [6.07, 6.45) is 1.39. The summed E-state index contributed by atoms with van der Waals surface area (Å²) in [5.41, 5.74) is 1.32. The fraction of sp³-hybridized carbons (Fsp3) is 0.231. The van der Waals surface area contributed by atoms with Crippen molar-refractivity contribution in [3.63, 3.8) is 0 Å². The van der Waals surface area contributed by atoms with Crippen LogP contribution in [0.25, 0.3) is 5.69 Å². The summed E-state index contributed by atoms with van der Waals surface area (Å²) in [5.74, 6) is -0.467. The van der Waals surface area contributed by atoms with Crippen molar-refractivity contribution in [1.82, 2.24) is 9.78 Å². The first-order valence-corrected chi connectivity index (χ1v) is 6.90. The van der Waals surface area contributed by atoms with Gasteiger partial charge in [-0.1, -0.05) is 15.9 Å². The molecule has 0 spiro atoms. The summed E-state index contributed by atoms with van der Waals surface area (Å²) in [5, 5.41) is 15.0. The topological polar surface area (TPSA) is 87.3 Å². The minimum Gasteiger partial charge on any atom is -0.462 e. The van der Waals surface area contributed by atoms with E-state index >= 15 is 0 Å². The highest BCUT2D eigenvalue weighted by atomic mass is 79.9. The number of ether oxygens (including phenoxy) is 1. The first kappa shape index (κ1) is 15.2. The van der Waals surface area contributed by atoms with Crippen LogP contribution in [-0.4, -0.2) is 27.3 Å². The van der Waals surface area contributed by atoms with E-state index in [2.05, 4.69) is 21.0 Å². The van der Waals surface area contributed by atoms with Gasteiger partial charge in [0, 0.05) is 16.6 Å². The van der Waals surface area contributed by atoms with Crippen molar-refractivity contribution in [2.45, 2.75) is 13.8 Å². The third-order valence-electron chi connectivity index (χ3n) is 2.83. The Labute approximate surface area is 128 Å². The number of carbonyl (C=O) groups excluding carboxylic acids is 1. The van der Waals surface area contributed by atoms with Crippen molar-refractivity contribution in [2.24, 2.45) is 0 Å². The summed E-state index contributed by atoms with van der Waals surface area (Å²) >= 11 is 3.23. The Morgan fingerprint density at radius 3 is 2.81 bits per heavy atom. The second-order valence-corrected chi connectivity index (χ2v) is 5.12. The van der Waals surface area contributed by atoms with E-state index in [1.165, 1.54) is 23.0 Å². The van der Waals surface area contributed by atoms with E-state index in [4.69, 9.17) is 4.74 Å². The lowest BCUT2D eigenvalue weighted by Gasteiger charge is -2.06. The number of nitro groups is 1. The van der Waals surface area contributed by atoms with Crippen molar-refractivity contribution in [2.75, 3.05) is 6.61 Å². The SMILES string of the molecule is CCOC(=O)c1cnn(-c2cc(Br)cc([N+](=O)[O-])c2)c1C. The van der Waals surface area contributed by atoms with Crippen LogP contribution in [-0.2, 0) is 4.74 Å². The molecule has 7 nitrogen and oxygen atoms in total. The van der Waals surface area contributed by atoms with Gasteiger partial charge in [0.1, 0.15) is 5.56 Å². The van der Waals surface area contributed by atoms with Crippen molar-refractivity contribution in [3.05, 3.63) is 50.2 Å². The molecule has 2 rings (SSSR count). The van der Waals surface area contributed by atoms with Gasteiger partial charge < -0.3 is 4.74 Å². The van der Waals surface area contributed by atoms with Gasteiger partial charge in [-0.15, -0.1) is 0 Å². The molecular formula is C13H12BrN3O4. The second kappa shape index (κ2) is 6.04. The number of rotatable bonds is 4. The Morgan fingerprint density at radius 1 is 1.48 bits per heavy atom. The minimum atomic E-state index is -0.487. The van der Waals surface area contributed by atoms with Crippen molar-refractivity contribution < 1.29 is 14.5 Å². The average molecular weight is 354 g/mol. The van der Waals surface area contributed by atoms with Crippen LogP contribution in [0.3, 0.4) is 0 Å². The molecule has 0 N–H and O–H groups in total. The number of nitrogens with zero attached hydrogens (tertiary/aromatic N) is 3. The molecule has 8 heteroatoms. The maximum absolute atomic E-state index is 11.8. The third-order valence-corrected chi connectivity index (χ3v) is 3.29. The fourth-order valence-corrected chi connectivity index (χ4v) is 2.33. The van der Waals surface area contributed by atoms with Crippen LogP contribution < -0.4 is 0 Å². The van der Waals surface area contributed by atoms with E-state index in [9.17, 15) is 14.9 Å². The van der Waals surface area contributed by atoms with Crippen LogP contribution >= 0.6 is 15.9 Å². The predicted molar refractivity (Wildman–Crippen MR) is 78.6 cm³/mol. The standard InChI is InChI=1S/C13H12BrN3O4/c1-3-21-13(18)12-7-15-16(8(12)2)10-4-9(14)5-11(6-10)17(19)20/h4-7H,3H2,1-2H3. The highest BCUT2D eigenvalue weighted by molar-refractivity contribution is 9.10. The smallest absolute Gasteiger partial charge is 0.341 e. The summed E-state index contributed by atoms with van der Waals surface area (Å²) in [4.78, 5) is 22.2. The van der Waals surface area contributed by atoms with Crippen LogP contribution in [0.15, 0.2) is 28.9 Å². The van der Waals surface area contributed by atoms with E-state index in [0.29, 0.717) is 21.4 Å². The second-order valence-electron chi connectivity index (χ2n) is 4.20. The number of hydrogen-bond donors (Lipinski definition) is 0. The number of esters is 1. The largest absolute Gasteiger partial charge is 0.462 e. The number of hydrogen-bond acceptors (Lipinski definition) is 5. The average Bonchev–Trinajstić information content (AvgIpc) is 2.80. The monoisotopic (exact) mass is 353 g/mol.